The Kier molecular flexibility index (Phi) is 3.41. The summed E-state index contributed by atoms with van der Waals surface area (Å²) >= 11 is 0. The minimum Gasteiger partial charge on any atom is -0.379 e. The van der Waals surface area contributed by atoms with Gasteiger partial charge in [0, 0.05) is 12.3 Å². The molecule has 1 fully saturated rings. The fourth-order valence-corrected chi connectivity index (χ4v) is 1.71. The predicted molar refractivity (Wildman–Crippen MR) is 62.6 cm³/mol. The highest BCUT2D eigenvalue weighted by atomic mass is 16.5. The lowest BCUT2D eigenvalue weighted by Crippen LogP contribution is -2.38. The number of para-hydroxylation sites is 1. The van der Waals surface area contributed by atoms with Gasteiger partial charge in [-0.1, -0.05) is 18.2 Å². The van der Waals surface area contributed by atoms with Gasteiger partial charge in [0.1, 0.15) is 0 Å². The molecule has 1 heterocycles. The average molecular weight is 220 g/mol. The minimum absolute atomic E-state index is 0.143. The highest BCUT2D eigenvalue weighted by molar-refractivity contribution is 5.90. The van der Waals surface area contributed by atoms with Crippen LogP contribution in [0.25, 0.3) is 0 Å². The van der Waals surface area contributed by atoms with Gasteiger partial charge in [0.15, 0.2) is 0 Å². The van der Waals surface area contributed by atoms with E-state index in [1.54, 1.807) is 0 Å². The number of anilines is 1. The Labute approximate surface area is 95.0 Å². The molecule has 1 aromatic carbocycles. The smallest absolute Gasteiger partial charge is 0.319 e. The average Bonchev–Trinajstić information content (AvgIpc) is 2.74. The zero-order valence-electron chi connectivity index (χ0n) is 9.32. The summed E-state index contributed by atoms with van der Waals surface area (Å²) in [5, 5.41) is 5.71. The Morgan fingerprint density at radius 1 is 1.44 bits per heavy atom. The molecule has 1 aromatic rings. The molecule has 4 heteroatoms. The second-order valence-corrected chi connectivity index (χ2v) is 3.97. The molecule has 86 valence electrons. The van der Waals surface area contributed by atoms with E-state index in [0.29, 0.717) is 6.61 Å². The van der Waals surface area contributed by atoms with E-state index in [0.717, 1.165) is 24.3 Å². The van der Waals surface area contributed by atoms with Gasteiger partial charge >= 0.3 is 6.03 Å². The van der Waals surface area contributed by atoms with Gasteiger partial charge in [0.25, 0.3) is 0 Å². The van der Waals surface area contributed by atoms with Crippen LogP contribution in [0.5, 0.6) is 0 Å². The van der Waals surface area contributed by atoms with Crippen LogP contribution in [0.4, 0.5) is 10.5 Å². The number of urea groups is 1. The van der Waals surface area contributed by atoms with Crippen molar-refractivity contribution >= 4 is 11.7 Å². The first-order valence-electron chi connectivity index (χ1n) is 5.46. The summed E-state index contributed by atoms with van der Waals surface area (Å²) in [4.78, 5) is 11.6. The van der Waals surface area contributed by atoms with Crippen LogP contribution < -0.4 is 10.6 Å². The number of carbonyl (C=O) groups is 1. The van der Waals surface area contributed by atoms with Gasteiger partial charge in [-0.05, 0) is 25.0 Å². The number of hydrogen-bond acceptors (Lipinski definition) is 2. The van der Waals surface area contributed by atoms with E-state index in [4.69, 9.17) is 4.74 Å². The normalized spacial score (nSPS) is 19.4. The van der Waals surface area contributed by atoms with Gasteiger partial charge < -0.3 is 15.4 Å². The highest BCUT2D eigenvalue weighted by Crippen LogP contribution is 2.13. The predicted octanol–water partition coefficient (Wildman–Crippen LogP) is 1.91. The summed E-state index contributed by atoms with van der Waals surface area (Å²) in [6, 6.07) is 7.69. The number of hydrogen-bond donors (Lipinski definition) is 2. The van der Waals surface area contributed by atoms with Crippen LogP contribution >= 0.6 is 0 Å². The molecule has 0 aliphatic carbocycles. The van der Waals surface area contributed by atoms with E-state index < -0.39 is 0 Å². The molecule has 2 amide bonds. The van der Waals surface area contributed by atoms with Crippen molar-refractivity contribution in [3.8, 4) is 0 Å². The molecule has 4 nitrogen and oxygen atoms in total. The molecule has 0 aromatic heterocycles. The summed E-state index contributed by atoms with van der Waals surface area (Å²) < 4.78 is 5.19. The molecular weight excluding hydrogens is 204 g/mol. The maximum Gasteiger partial charge on any atom is 0.319 e. The van der Waals surface area contributed by atoms with Gasteiger partial charge in [-0.3, -0.25) is 0 Å². The van der Waals surface area contributed by atoms with E-state index in [1.807, 2.05) is 31.2 Å². The summed E-state index contributed by atoms with van der Waals surface area (Å²) in [6.07, 6.45) is 0.890. The number of ether oxygens (including phenoxy) is 1. The maximum absolute atomic E-state index is 11.6. The zero-order valence-corrected chi connectivity index (χ0v) is 9.32. The first kappa shape index (κ1) is 11.0. The molecule has 2 rings (SSSR count). The Morgan fingerprint density at radius 3 is 2.94 bits per heavy atom. The topological polar surface area (TPSA) is 50.4 Å². The van der Waals surface area contributed by atoms with Gasteiger partial charge in [0.05, 0.1) is 12.6 Å². The lowest BCUT2D eigenvalue weighted by molar-refractivity contribution is 0.189. The van der Waals surface area contributed by atoms with Crippen molar-refractivity contribution in [3.63, 3.8) is 0 Å². The third-order valence-electron chi connectivity index (χ3n) is 2.66. The molecular formula is C12H16N2O2. The van der Waals surface area contributed by atoms with Crippen molar-refractivity contribution in [1.82, 2.24) is 5.32 Å². The number of nitrogens with one attached hydrogen (secondary N) is 2. The Bertz CT molecular complexity index is 373. The van der Waals surface area contributed by atoms with Crippen molar-refractivity contribution in [2.45, 2.75) is 19.4 Å². The van der Waals surface area contributed by atoms with Crippen LogP contribution in [0, 0.1) is 6.92 Å². The molecule has 1 aliphatic heterocycles. The zero-order chi connectivity index (χ0) is 11.4. The number of aryl methyl sites for hydroxylation is 1. The maximum atomic E-state index is 11.6. The van der Waals surface area contributed by atoms with Crippen LogP contribution in [-0.4, -0.2) is 25.3 Å². The van der Waals surface area contributed by atoms with Gasteiger partial charge in [0.2, 0.25) is 0 Å². The summed E-state index contributed by atoms with van der Waals surface area (Å²) in [5.41, 5.74) is 1.90. The second-order valence-electron chi connectivity index (χ2n) is 3.97. The van der Waals surface area contributed by atoms with E-state index >= 15 is 0 Å². The van der Waals surface area contributed by atoms with E-state index in [9.17, 15) is 4.79 Å². The SMILES string of the molecule is Cc1ccccc1NC(=O)NC1CCOC1. The molecule has 1 saturated heterocycles. The third-order valence-corrected chi connectivity index (χ3v) is 2.66. The lowest BCUT2D eigenvalue weighted by Gasteiger charge is -2.13. The first-order valence-corrected chi connectivity index (χ1v) is 5.46. The number of benzene rings is 1. The fraction of sp³-hybridized carbons (Fsp3) is 0.417. The van der Waals surface area contributed by atoms with Crippen LogP contribution in [0.15, 0.2) is 24.3 Å². The minimum atomic E-state index is -0.162. The molecule has 1 aliphatic rings. The third kappa shape index (κ3) is 2.73. The van der Waals surface area contributed by atoms with Crippen LogP contribution in [0.3, 0.4) is 0 Å². The van der Waals surface area contributed by atoms with E-state index in [2.05, 4.69) is 10.6 Å². The standard InChI is InChI=1S/C12H16N2O2/c1-9-4-2-3-5-11(9)14-12(15)13-10-6-7-16-8-10/h2-5,10H,6-8H2,1H3,(H2,13,14,15). The van der Waals surface area contributed by atoms with Crippen LogP contribution in [0.1, 0.15) is 12.0 Å². The largest absolute Gasteiger partial charge is 0.379 e. The quantitative estimate of drug-likeness (QED) is 0.799. The van der Waals surface area contributed by atoms with Gasteiger partial charge in [-0.2, -0.15) is 0 Å². The highest BCUT2D eigenvalue weighted by Gasteiger charge is 2.17. The number of rotatable bonds is 2. The summed E-state index contributed by atoms with van der Waals surface area (Å²) in [7, 11) is 0. The van der Waals surface area contributed by atoms with Crippen molar-refractivity contribution in [3.05, 3.63) is 29.8 Å². The fourth-order valence-electron chi connectivity index (χ4n) is 1.71. The Hall–Kier alpha value is -1.55. The number of carbonyl (C=O) groups excluding carboxylic acids is 1. The molecule has 1 atom stereocenters. The molecule has 2 N–H and O–H groups in total. The van der Waals surface area contributed by atoms with Crippen molar-refractivity contribution in [2.24, 2.45) is 0 Å². The van der Waals surface area contributed by atoms with Gasteiger partial charge in [-0.15, -0.1) is 0 Å². The van der Waals surface area contributed by atoms with E-state index in [-0.39, 0.29) is 12.1 Å². The van der Waals surface area contributed by atoms with Crippen LogP contribution in [-0.2, 0) is 4.74 Å². The first-order chi connectivity index (χ1) is 7.75. The van der Waals surface area contributed by atoms with Gasteiger partial charge in [-0.25, -0.2) is 4.79 Å². The Balaban J connectivity index is 1.89. The van der Waals surface area contributed by atoms with Crippen molar-refractivity contribution < 1.29 is 9.53 Å². The lowest BCUT2D eigenvalue weighted by atomic mass is 10.2. The molecule has 0 bridgehead atoms. The number of amides is 2. The van der Waals surface area contributed by atoms with Crippen LogP contribution in [0.2, 0.25) is 0 Å². The van der Waals surface area contributed by atoms with E-state index in [1.165, 1.54) is 0 Å². The molecule has 1 unspecified atom stereocenters. The Morgan fingerprint density at radius 2 is 2.25 bits per heavy atom. The summed E-state index contributed by atoms with van der Waals surface area (Å²) in [6.45, 7) is 3.31. The van der Waals surface area contributed by atoms with Crippen molar-refractivity contribution in [1.29, 1.82) is 0 Å². The molecule has 0 radical (unpaired) electrons. The monoisotopic (exact) mass is 220 g/mol. The summed E-state index contributed by atoms with van der Waals surface area (Å²) in [5.74, 6) is 0. The molecule has 0 saturated carbocycles. The van der Waals surface area contributed by atoms with Crippen molar-refractivity contribution in [2.75, 3.05) is 18.5 Å². The second kappa shape index (κ2) is 4.99. The molecule has 16 heavy (non-hydrogen) atoms. The molecule has 0 spiro atoms.